The minimum Gasteiger partial charge on any atom is -0.864 e. The van der Waals surface area contributed by atoms with Crippen molar-refractivity contribution in [2.75, 3.05) is 13.2 Å². The number of carboxylic acid groups (broad SMARTS) is 3. The third-order valence-electron chi connectivity index (χ3n) is 7.98. The van der Waals surface area contributed by atoms with Crippen LogP contribution >= 0.6 is 0 Å². The van der Waals surface area contributed by atoms with Crippen molar-refractivity contribution in [1.82, 2.24) is 4.90 Å². The van der Waals surface area contributed by atoms with E-state index in [2.05, 4.69) is 9.98 Å². The molecular formula is C30H35N4Na3O17. The molecule has 21 nitrogen and oxygen atoms in total. The number of aliphatic imine (C=N–C) groups is 2. The third-order valence-corrected chi connectivity index (χ3v) is 7.98. The van der Waals surface area contributed by atoms with E-state index in [9.17, 15) is 65.1 Å². The summed E-state index contributed by atoms with van der Waals surface area (Å²) < 4.78 is 10.4. The van der Waals surface area contributed by atoms with Gasteiger partial charge >= 0.3 is 101 Å². The van der Waals surface area contributed by atoms with E-state index in [4.69, 9.17) is 15.2 Å². The molecule has 12 N–H and O–H groups in total. The maximum absolute atomic E-state index is 13.0. The Kier molecular flexibility index (Phi) is 23.0. The van der Waals surface area contributed by atoms with Crippen LogP contribution in [-0.4, -0.2) is 132 Å². The number of benzene rings is 2. The number of rotatable bonds is 14. The summed E-state index contributed by atoms with van der Waals surface area (Å²) in [5.41, 5.74) is 5.25. The molecule has 4 rings (SSSR count). The van der Waals surface area contributed by atoms with Crippen LogP contribution in [0.1, 0.15) is 35.2 Å². The molecular weight excluding hydrogens is 757 g/mol. The van der Waals surface area contributed by atoms with Crippen molar-refractivity contribution in [1.29, 1.82) is 0 Å². The van der Waals surface area contributed by atoms with E-state index in [1.807, 2.05) is 0 Å². The Morgan fingerprint density at radius 3 is 2.02 bits per heavy atom. The first-order valence-corrected chi connectivity index (χ1v) is 14.5. The van der Waals surface area contributed by atoms with Crippen LogP contribution in [0.2, 0.25) is 0 Å². The van der Waals surface area contributed by atoms with Gasteiger partial charge in [-0.1, -0.05) is 42.8 Å². The van der Waals surface area contributed by atoms with Gasteiger partial charge in [0.1, 0.15) is 36.1 Å². The molecule has 0 aromatic heterocycles. The predicted octanol–water partition coefficient (Wildman–Crippen LogP) is -16.2. The van der Waals surface area contributed by atoms with Crippen LogP contribution in [0.3, 0.4) is 0 Å². The molecule has 2 aliphatic heterocycles. The van der Waals surface area contributed by atoms with Gasteiger partial charge in [0.05, 0.1) is 19.1 Å². The van der Waals surface area contributed by atoms with Crippen LogP contribution in [0.5, 0.6) is 5.75 Å². The van der Waals surface area contributed by atoms with Gasteiger partial charge in [0, 0.05) is 18.0 Å². The number of hydrogen-bond donors (Lipinski definition) is 7. The molecule has 2 fully saturated rings. The first-order valence-electron chi connectivity index (χ1n) is 14.5. The average molecular weight is 793 g/mol. The zero-order valence-electron chi connectivity index (χ0n) is 29.2. The maximum atomic E-state index is 13.0. The second kappa shape index (κ2) is 23.1. The summed E-state index contributed by atoms with van der Waals surface area (Å²) in [6.45, 7) is -0.372. The summed E-state index contributed by atoms with van der Waals surface area (Å²) in [4.78, 5) is 55.7. The monoisotopic (exact) mass is 792 g/mol. The number of β-lactam (4-membered cyclic amide) rings is 1. The van der Waals surface area contributed by atoms with Gasteiger partial charge in [-0.3, -0.25) is 14.8 Å². The summed E-state index contributed by atoms with van der Waals surface area (Å²) in [6.07, 6.45) is -8.43. The fourth-order valence-electron chi connectivity index (χ4n) is 5.23. The number of ether oxygens (including phenoxy) is 2. The summed E-state index contributed by atoms with van der Waals surface area (Å²) in [5.74, 6) is -9.00. The molecule has 2 saturated heterocycles. The summed E-state index contributed by atoms with van der Waals surface area (Å²) >= 11 is 0. The summed E-state index contributed by atoms with van der Waals surface area (Å²) in [6, 6.07) is 4.49. The number of likely N-dealkylation sites (tertiary alicyclic amines) is 1. The second-order valence-corrected chi connectivity index (χ2v) is 11.1. The molecule has 2 aliphatic rings. The number of carbonyl (C=O) groups is 4. The van der Waals surface area contributed by atoms with E-state index in [1.54, 1.807) is 0 Å². The number of carbonyl (C=O) groups excluding carboxylic acids is 2. The Morgan fingerprint density at radius 1 is 0.981 bits per heavy atom. The van der Waals surface area contributed by atoms with Gasteiger partial charge in [-0.25, -0.2) is 9.59 Å². The molecule has 0 saturated carbocycles. The normalized spacial score (nSPS) is 25.1. The van der Waals surface area contributed by atoms with E-state index < -0.39 is 84.1 Å². The fraction of sp³-hybridized carbons (Fsp3) is 0.400. The molecule has 24 heteroatoms. The molecule has 2 aromatic carbocycles. The van der Waals surface area contributed by atoms with E-state index in [1.165, 1.54) is 24.3 Å². The van der Waals surface area contributed by atoms with Crippen LogP contribution in [0.25, 0.3) is 0 Å². The largest absolute Gasteiger partial charge is 1.00 e. The van der Waals surface area contributed by atoms with Gasteiger partial charge in [-0.15, -0.1) is 0 Å². The number of nitrogens with zero attached hydrogens (tertiary/aromatic N) is 3. The molecule has 0 bridgehead atoms. The smallest absolute Gasteiger partial charge is 0.864 e. The molecule has 0 spiro atoms. The van der Waals surface area contributed by atoms with Crippen molar-refractivity contribution in [2.45, 2.75) is 60.8 Å². The number of amides is 1. The molecule has 0 radical (unpaired) electrons. The second-order valence-electron chi connectivity index (χ2n) is 11.1. The Balaban J connectivity index is 0. The van der Waals surface area contributed by atoms with Crippen molar-refractivity contribution in [3.05, 3.63) is 65.2 Å². The van der Waals surface area contributed by atoms with Crippen LogP contribution < -0.4 is 114 Å². The fourth-order valence-corrected chi connectivity index (χ4v) is 5.23. The summed E-state index contributed by atoms with van der Waals surface area (Å²) in [5, 5.41) is 95.4. The minimum absolute atomic E-state index is 0. The number of hydrogen-bond acceptors (Lipinski definition) is 16. The van der Waals surface area contributed by atoms with E-state index in [-0.39, 0.29) is 142 Å². The van der Waals surface area contributed by atoms with Crippen LogP contribution in [0.15, 0.2) is 58.5 Å². The molecule has 2 aromatic rings. The van der Waals surface area contributed by atoms with Gasteiger partial charge in [-0.2, -0.15) is 0 Å². The van der Waals surface area contributed by atoms with Crippen LogP contribution in [0, 0.1) is 0 Å². The maximum Gasteiger partial charge on any atom is 1.00 e. The Labute approximate surface area is 372 Å². The average Bonchev–Trinajstić information content (AvgIpc) is 3.07. The first-order chi connectivity index (χ1) is 23.1. The standard InChI is InChI=1S/C30H34N4O15.3Na.2H2O/c31-17(27(41)42)9-10-48-16-7-3-13(4-8-16)19(32-12-35)25(39)33-18-11-34(26(18)40)20(28(43)44)14-1-5-15(6-2-14)30(47)24(38)22(37)21(36)23(49-30)29(45)46;;;;;/h1-8,12,17-24,36-38,47H,9-11,31H2,(H,32,35)(H,33,39)(H,41,42)(H,43,44)(H,45,46);;;;2*1H2/q;3*+1;;/p-3/t17?,18-,19?,20-,21+,22+,23+,24-,30-;;;;;/m1...../s1. The number of aliphatic hydroxyl groups is 4. The zero-order chi connectivity index (χ0) is 36.2. The van der Waals surface area contributed by atoms with Crippen molar-refractivity contribution in [2.24, 2.45) is 15.7 Å². The number of nitrogens with two attached hydrogens (primary N) is 1. The Bertz CT molecular complexity index is 1620. The van der Waals surface area contributed by atoms with Crippen molar-refractivity contribution in [3.8, 4) is 5.75 Å². The molecule has 2 heterocycles. The predicted molar refractivity (Wildman–Crippen MR) is 162 cm³/mol. The number of aliphatic hydroxyl groups excluding tert-OH is 3. The van der Waals surface area contributed by atoms with Crippen molar-refractivity contribution < 1.29 is 174 Å². The summed E-state index contributed by atoms with van der Waals surface area (Å²) in [7, 11) is 0. The first kappa shape index (κ1) is 53.8. The molecule has 54 heavy (non-hydrogen) atoms. The number of aliphatic carboxylic acids is 3. The Hall–Kier alpha value is -2.26. The van der Waals surface area contributed by atoms with Gasteiger partial charge in [-0.05, 0) is 29.2 Å². The molecule has 1 amide bonds. The number of carboxylic acids is 3. The van der Waals surface area contributed by atoms with Gasteiger partial charge < -0.3 is 81.8 Å². The molecule has 280 valence electrons. The van der Waals surface area contributed by atoms with Crippen molar-refractivity contribution in [3.63, 3.8) is 0 Å². The van der Waals surface area contributed by atoms with Crippen LogP contribution in [-0.2, 0) is 29.7 Å². The topological polar surface area (TPSA) is 394 Å². The quantitative estimate of drug-likeness (QED) is 0.0404. The van der Waals surface area contributed by atoms with E-state index in [0.29, 0.717) is 5.75 Å². The van der Waals surface area contributed by atoms with Gasteiger partial charge in [0.2, 0.25) is 11.7 Å². The third kappa shape index (κ3) is 11.9. The SMILES string of the molecule is NC(CCOc1ccc(C(N=C[O-])C([O-])=N[C@@H]2CN([C@@H](C(=O)O)c3ccc([C@@]4(O)O[C@H](C(=O)O)[C@@H](O)[C@H](O)[C@H]4O)cc3)C2=O)cc1)C(=O)[O-].O.O.[Na+].[Na+].[Na+]. The zero-order valence-corrected chi connectivity index (χ0v) is 35.2. The molecule has 0 aliphatic carbocycles. The minimum atomic E-state index is -2.82. The van der Waals surface area contributed by atoms with Crippen molar-refractivity contribution >= 4 is 36.1 Å². The molecule has 2 unspecified atom stereocenters. The van der Waals surface area contributed by atoms with E-state index in [0.717, 1.165) is 29.2 Å². The van der Waals surface area contributed by atoms with Crippen LogP contribution in [0.4, 0.5) is 0 Å². The van der Waals surface area contributed by atoms with Gasteiger partial charge in [0.25, 0.3) is 0 Å². The van der Waals surface area contributed by atoms with Gasteiger partial charge in [0.15, 0.2) is 12.1 Å². The van der Waals surface area contributed by atoms with E-state index >= 15 is 0 Å². The Morgan fingerprint density at radius 2 is 1.54 bits per heavy atom. The molecule has 9 atom stereocenters.